The van der Waals surface area contributed by atoms with E-state index in [1.54, 1.807) is 0 Å². The van der Waals surface area contributed by atoms with E-state index in [1.807, 2.05) is 0 Å². The number of aromatic nitrogens is 1. The van der Waals surface area contributed by atoms with E-state index in [4.69, 9.17) is 0 Å². The van der Waals surface area contributed by atoms with Crippen molar-refractivity contribution in [3.05, 3.63) is 218 Å². The summed E-state index contributed by atoms with van der Waals surface area (Å²) in [6, 6.07) is 78.8. The largest absolute Gasteiger partial charge is 0.310 e. The van der Waals surface area contributed by atoms with Crippen LogP contribution in [-0.4, -0.2) is 4.57 Å². The molecule has 1 aromatic heterocycles. The first-order valence-electron chi connectivity index (χ1n) is 18.5. The second kappa shape index (κ2) is 13.4. The molecule has 0 aliphatic heterocycles. The van der Waals surface area contributed by atoms with Gasteiger partial charge in [-0.05, 0) is 111 Å². The van der Waals surface area contributed by atoms with Crippen molar-refractivity contribution in [2.45, 2.75) is 0 Å². The van der Waals surface area contributed by atoms with E-state index in [-0.39, 0.29) is 0 Å². The summed E-state index contributed by atoms with van der Waals surface area (Å²) in [5, 5.41) is 5.05. The summed E-state index contributed by atoms with van der Waals surface area (Å²) in [6.07, 6.45) is 0. The third-order valence-corrected chi connectivity index (χ3v) is 10.6. The monoisotopic (exact) mass is 688 g/mol. The predicted molar refractivity (Wildman–Crippen MR) is 229 cm³/mol. The first-order valence-corrected chi connectivity index (χ1v) is 18.5. The average molecular weight is 689 g/mol. The molecule has 0 fully saturated rings. The first-order chi connectivity index (χ1) is 26.8. The Morgan fingerprint density at radius 2 is 0.741 bits per heavy atom. The van der Waals surface area contributed by atoms with E-state index in [2.05, 4.69) is 228 Å². The van der Waals surface area contributed by atoms with Gasteiger partial charge in [0, 0.05) is 33.5 Å². The van der Waals surface area contributed by atoms with Crippen LogP contribution in [0.15, 0.2) is 218 Å². The molecule has 0 saturated carbocycles. The smallest absolute Gasteiger partial charge is 0.0541 e. The minimum atomic E-state index is 1.10. The summed E-state index contributed by atoms with van der Waals surface area (Å²) >= 11 is 0. The van der Waals surface area contributed by atoms with Gasteiger partial charge >= 0.3 is 0 Å². The van der Waals surface area contributed by atoms with Crippen molar-refractivity contribution in [1.29, 1.82) is 0 Å². The summed E-state index contributed by atoms with van der Waals surface area (Å²) in [5.74, 6) is 0. The van der Waals surface area contributed by atoms with Gasteiger partial charge in [-0.1, -0.05) is 152 Å². The van der Waals surface area contributed by atoms with E-state index in [1.165, 1.54) is 66.0 Å². The molecule has 2 nitrogen and oxygen atoms in total. The molecule has 0 N–H and O–H groups in total. The Balaban J connectivity index is 1.00. The van der Waals surface area contributed by atoms with Crippen molar-refractivity contribution < 1.29 is 0 Å². The highest BCUT2D eigenvalue weighted by atomic mass is 15.1. The van der Waals surface area contributed by atoms with E-state index in [0.29, 0.717) is 0 Å². The molecule has 0 saturated heterocycles. The molecule has 10 rings (SSSR count). The Morgan fingerprint density at radius 1 is 0.278 bits per heavy atom. The number of nitrogens with zero attached hydrogens (tertiary/aromatic N) is 2. The van der Waals surface area contributed by atoms with Gasteiger partial charge in [-0.15, -0.1) is 0 Å². The molecular formula is C52H36N2. The summed E-state index contributed by atoms with van der Waals surface area (Å²) in [5.41, 5.74) is 14.1. The SMILES string of the molecule is c1ccc(-c2cccc(N(c3ccc(-c4ccc(-n5c6ccccc6c6ccccc65)cc4)cc3)c3ccc(-c4ccc5ccccc5c4)cc3)c2)cc1. The van der Waals surface area contributed by atoms with E-state index in [0.717, 1.165) is 22.7 Å². The fourth-order valence-corrected chi connectivity index (χ4v) is 7.88. The van der Waals surface area contributed by atoms with E-state index >= 15 is 0 Å². The fraction of sp³-hybridized carbons (Fsp3) is 0. The van der Waals surface area contributed by atoms with E-state index in [9.17, 15) is 0 Å². The average Bonchev–Trinajstić information content (AvgIpc) is 3.59. The Kier molecular flexibility index (Phi) is 7.85. The second-order valence-electron chi connectivity index (χ2n) is 13.8. The number of rotatable bonds is 7. The molecule has 54 heavy (non-hydrogen) atoms. The van der Waals surface area contributed by atoms with Crippen molar-refractivity contribution in [3.63, 3.8) is 0 Å². The van der Waals surface area contributed by atoms with Crippen LogP contribution in [0, 0.1) is 0 Å². The maximum absolute atomic E-state index is 2.37. The van der Waals surface area contributed by atoms with Gasteiger partial charge in [0.15, 0.2) is 0 Å². The number of hydrogen-bond acceptors (Lipinski definition) is 1. The van der Waals surface area contributed by atoms with E-state index < -0.39 is 0 Å². The molecule has 0 bridgehead atoms. The normalized spacial score (nSPS) is 11.3. The van der Waals surface area contributed by atoms with Gasteiger partial charge in [-0.2, -0.15) is 0 Å². The molecule has 0 aliphatic rings. The van der Waals surface area contributed by atoms with Crippen molar-refractivity contribution in [2.75, 3.05) is 4.90 Å². The lowest BCUT2D eigenvalue weighted by molar-refractivity contribution is 1.18. The Labute approximate surface area is 315 Å². The van der Waals surface area contributed by atoms with Crippen LogP contribution in [0.25, 0.3) is 71.6 Å². The van der Waals surface area contributed by atoms with Crippen LogP contribution in [0.5, 0.6) is 0 Å². The molecule has 0 spiro atoms. The van der Waals surface area contributed by atoms with Crippen LogP contribution in [-0.2, 0) is 0 Å². The van der Waals surface area contributed by atoms with Gasteiger partial charge in [0.05, 0.1) is 11.0 Å². The molecule has 2 heteroatoms. The zero-order valence-electron chi connectivity index (χ0n) is 29.7. The minimum Gasteiger partial charge on any atom is -0.310 e. The van der Waals surface area contributed by atoms with Crippen LogP contribution < -0.4 is 4.90 Å². The maximum Gasteiger partial charge on any atom is 0.0541 e. The summed E-state index contributed by atoms with van der Waals surface area (Å²) in [4.78, 5) is 2.35. The third-order valence-electron chi connectivity index (χ3n) is 10.6. The third kappa shape index (κ3) is 5.71. The Bertz CT molecular complexity index is 2850. The van der Waals surface area contributed by atoms with Crippen LogP contribution in [0.2, 0.25) is 0 Å². The highest BCUT2D eigenvalue weighted by Gasteiger charge is 2.15. The van der Waals surface area contributed by atoms with Gasteiger partial charge in [-0.25, -0.2) is 0 Å². The van der Waals surface area contributed by atoms with Crippen LogP contribution in [0.1, 0.15) is 0 Å². The molecule has 10 aromatic rings. The number of benzene rings is 9. The zero-order chi connectivity index (χ0) is 35.8. The highest BCUT2D eigenvalue weighted by Crippen LogP contribution is 2.39. The van der Waals surface area contributed by atoms with Crippen molar-refractivity contribution in [2.24, 2.45) is 0 Å². The lowest BCUT2D eigenvalue weighted by Crippen LogP contribution is -2.10. The lowest BCUT2D eigenvalue weighted by Gasteiger charge is -2.26. The number of para-hydroxylation sites is 2. The molecular weight excluding hydrogens is 653 g/mol. The molecule has 0 unspecified atom stereocenters. The number of fused-ring (bicyclic) bond motifs is 4. The van der Waals surface area contributed by atoms with Gasteiger partial charge < -0.3 is 9.47 Å². The standard InChI is InChI=1S/C52H36N2/c1-2-11-37(12-3-1)43-15-10-16-48(36-43)53(46-31-27-41(28-32-46)44-22-21-38-13-4-5-14-42(38)35-44)45-29-23-39(24-30-45)40-25-33-47(34-26-40)54-51-19-8-6-17-49(51)50-18-7-9-20-52(50)54/h1-36H. The van der Waals surface area contributed by atoms with Crippen molar-refractivity contribution >= 4 is 49.6 Å². The fourth-order valence-electron chi connectivity index (χ4n) is 7.88. The Morgan fingerprint density at radius 3 is 1.39 bits per heavy atom. The number of hydrogen-bond donors (Lipinski definition) is 0. The lowest BCUT2D eigenvalue weighted by atomic mass is 10.0. The number of anilines is 3. The van der Waals surface area contributed by atoms with Crippen LogP contribution in [0.3, 0.4) is 0 Å². The molecule has 1 heterocycles. The van der Waals surface area contributed by atoms with Crippen LogP contribution in [0.4, 0.5) is 17.1 Å². The van der Waals surface area contributed by atoms with Gasteiger partial charge in [0.25, 0.3) is 0 Å². The molecule has 0 radical (unpaired) electrons. The minimum absolute atomic E-state index is 1.10. The Hall–Kier alpha value is -7.16. The zero-order valence-corrected chi connectivity index (χ0v) is 29.7. The first kappa shape index (κ1) is 31.6. The van der Waals surface area contributed by atoms with Crippen LogP contribution >= 0.6 is 0 Å². The highest BCUT2D eigenvalue weighted by molar-refractivity contribution is 6.09. The molecule has 0 atom stereocenters. The molecule has 254 valence electrons. The maximum atomic E-state index is 2.37. The molecule has 0 amide bonds. The second-order valence-corrected chi connectivity index (χ2v) is 13.8. The quantitative estimate of drug-likeness (QED) is 0.162. The van der Waals surface area contributed by atoms with Gasteiger partial charge in [0.1, 0.15) is 0 Å². The van der Waals surface area contributed by atoms with Gasteiger partial charge in [0.2, 0.25) is 0 Å². The van der Waals surface area contributed by atoms with Gasteiger partial charge in [-0.3, -0.25) is 0 Å². The topological polar surface area (TPSA) is 8.17 Å². The molecule has 0 aliphatic carbocycles. The summed E-state index contributed by atoms with van der Waals surface area (Å²) in [6.45, 7) is 0. The molecule has 9 aromatic carbocycles. The van der Waals surface area contributed by atoms with Crippen molar-refractivity contribution in [3.8, 4) is 39.1 Å². The summed E-state index contributed by atoms with van der Waals surface area (Å²) < 4.78 is 2.37. The van der Waals surface area contributed by atoms with Crippen molar-refractivity contribution in [1.82, 2.24) is 4.57 Å². The summed E-state index contributed by atoms with van der Waals surface area (Å²) in [7, 11) is 0. The predicted octanol–water partition coefficient (Wildman–Crippen LogP) is 14.4.